The highest BCUT2D eigenvalue weighted by Crippen LogP contribution is 2.20. The lowest BCUT2D eigenvalue weighted by molar-refractivity contribution is 0.867. The van der Waals surface area contributed by atoms with Crippen LogP contribution in [0.4, 0.5) is 0 Å². The van der Waals surface area contributed by atoms with Gasteiger partial charge in [0.05, 0.1) is 0 Å². The SMILES string of the molecule is C=C1CCC=C(C)C1. The predicted molar refractivity (Wildman–Crippen MR) is 36.7 cm³/mol. The molecule has 0 amide bonds. The molecule has 0 unspecified atom stereocenters. The van der Waals surface area contributed by atoms with Gasteiger partial charge in [0.1, 0.15) is 0 Å². The quantitative estimate of drug-likeness (QED) is 0.418. The molecular weight excluding hydrogens is 96.1 g/mol. The summed E-state index contributed by atoms with van der Waals surface area (Å²) in [4.78, 5) is 0. The third kappa shape index (κ3) is 1.22. The molecule has 0 saturated heterocycles. The van der Waals surface area contributed by atoms with Crippen LogP contribution in [-0.4, -0.2) is 0 Å². The van der Waals surface area contributed by atoms with Gasteiger partial charge in [0.15, 0.2) is 0 Å². The Bertz CT molecular complexity index is 129. The number of hydrogen-bond donors (Lipinski definition) is 0. The van der Waals surface area contributed by atoms with Crippen LogP contribution in [0.25, 0.3) is 0 Å². The molecule has 0 fully saturated rings. The molecule has 44 valence electrons. The Morgan fingerprint density at radius 3 is 2.75 bits per heavy atom. The monoisotopic (exact) mass is 108 g/mol. The highest BCUT2D eigenvalue weighted by atomic mass is 14.1. The van der Waals surface area contributed by atoms with Gasteiger partial charge in [0, 0.05) is 0 Å². The van der Waals surface area contributed by atoms with Crippen molar-refractivity contribution in [2.75, 3.05) is 0 Å². The average Bonchev–Trinajstić information content (AvgIpc) is 1.64. The fourth-order valence-electron chi connectivity index (χ4n) is 1.08. The molecule has 0 atom stereocenters. The summed E-state index contributed by atoms with van der Waals surface area (Å²) in [5.41, 5.74) is 2.88. The molecule has 0 spiro atoms. The maximum absolute atomic E-state index is 3.92. The summed E-state index contributed by atoms with van der Waals surface area (Å²) in [6.45, 7) is 6.09. The number of rotatable bonds is 0. The van der Waals surface area contributed by atoms with Crippen LogP contribution < -0.4 is 0 Å². The van der Waals surface area contributed by atoms with Gasteiger partial charge >= 0.3 is 0 Å². The van der Waals surface area contributed by atoms with E-state index >= 15 is 0 Å². The molecular formula is C8H12. The van der Waals surface area contributed by atoms with Gasteiger partial charge < -0.3 is 0 Å². The molecule has 0 heterocycles. The zero-order chi connectivity index (χ0) is 5.98. The summed E-state index contributed by atoms with van der Waals surface area (Å²) < 4.78 is 0. The predicted octanol–water partition coefficient (Wildman–Crippen LogP) is 2.67. The maximum atomic E-state index is 3.92. The molecule has 0 aromatic heterocycles. The minimum Gasteiger partial charge on any atom is -0.0995 e. The lowest BCUT2D eigenvalue weighted by atomic mass is 9.97. The van der Waals surface area contributed by atoms with Crippen molar-refractivity contribution in [3.8, 4) is 0 Å². The third-order valence-corrected chi connectivity index (χ3v) is 1.52. The lowest BCUT2D eigenvalue weighted by Gasteiger charge is -2.09. The van der Waals surface area contributed by atoms with Gasteiger partial charge in [-0.3, -0.25) is 0 Å². The topological polar surface area (TPSA) is 0 Å². The molecule has 0 saturated carbocycles. The first kappa shape index (κ1) is 5.61. The second-order valence-corrected chi connectivity index (χ2v) is 2.52. The molecule has 8 heavy (non-hydrogen) atoms. The van der Waals surface area contributed by atoms with E-state index in [0.29, 0.717) is 0 Å². The number of allylic oxidation sites excluding steroid dienone is 3. The fourth-order valence-corrected chi connectivity index (χ4v) is 1.08. The molecule has 1 aliphatic rings. The first-order chi connectivity index (χ1) is 3.79. The van der Waals surface area contributed by atoms with Crippen molar-refractivity contribution in [1.82, 2.24) is 0 Å². The van der Waals surface area contributed by atoms with E-state index in [1.165, 1.54) is 24.0 Å². The van der Waals surface area contributed by atoms with Gasteiger partial charge in [0.2, 0.25) is 0 Å². The van der Waals surface area contributed by atoms with Gasteiger partial charge in [-0.05, 0) is 26.2 Å². The molecule has 1 rings (SSSR count). The van der Waals surface area contributed by atoms with Crippen LogP contribution in [-0.2, 0) is 0 Å². The van der Waals surface area contributed by atoms with Crippen LogP contribution in [0.1, 0.15) is 26.2 Å². The van der Waals surface area contributed by atoms with Crippen molar-refractivity contribution in [2.24, 2.45) is 0 Å². The fraction of sp³-hybridized carbons (Fsp3) is 0.500. The summed E-state index contributed by atoms with van der Waals surface area (Å²) in [5, 5.41) is 0. The Hall–Kier alpha value is -0.520. The maximum Gasteiger partial charge on any atom is -0.0114 e. The van der Waals surface area contributed by atoms with E-state index in [9.17, 15) is 0 Å². The molecule has 0 aromatic carbocycles. The first-order valence-corrected chi connectivity index (χ1v) is 3.11. The second kappa shape index (κ2) is 2.17. The van der Waals surface area contributed by atoms with Crippen LogP contribution >= 0.6 is 0 Å². The highest BCUT2D eigenvalue weighted by molar-refractivity contribution is 5.15. The molecule has 0 aromatic rings. The van der Waals surface area contributed by atoms with Gasteiger partial charge in [-0.1, -0.05) is 23.8 Å². The number of hydrogen-bond acceptors (Lipinski definition) is 0. The Morgan fingerprint density at radius 2 is 2.38 bits per heavy atom. The normalized spacial score (nSPS) is 20.6. The zero-order valence-electron chi connectivity index (χ0n) is 5.41. The summed E-state index contributed by atoms with van der Waals surface area (Å²) >= 11 is 0. The Morgan fingerprint density at radius 1 is 1.62 bits per heavy atom. The van der Waals surface area contributed by atoms with E-state index in [0.717, 1.165) is 6.42 Å². The van der Waals surface area contributed by atoms with Crippen LogP contribution in [0.5, 0.6) is 0 Å². The van der Waals surface area contributed by atoms with Gasteiger partial charge in [-0.25, -0.2) is 0 Å². The van der Waals surface area contributed by atoms with Gasteiger partial charge in [-0.2, -0.15) is 0 Å². The van der Waals surface area contributed by atoms with E-state index in [1.54, 1.807) is 0 Å². The van der Waals surface area contributed by atoms with Crippen molar-refractivity contribution >= 4 is 0 Å². The van der Waals surface area contributed by atoms with Crippen molar-refractivity contribution in [3.63, 3.8) is 0 Å². The Labute approximate surface area is 50.9 Å². The lowest BCUT2D eigenvalue weighted by Crippen LogP contribution is -1.89. The largest absolute Gasteiger partial charge is 0.0995 e. The van der Waals surface area contributed by atoms with E-state index in [4.69, 9.17) is 0 Å². The summed E-state index contributed by atoms with van der Waals surface area (Å²) in [5.74, 6) is 0. The molecule has 0 N–H and O–H groups in total. The Kier molecular flexibility index (Phi) is 1.52. The summed E-state index contributed by atoms with van der Waals surface area (Å²) in [6.07, 6.45) is 5.86. The summed E-state index contributed by atoms with van der Waals surface area (Å²) in [7, 11) is 0. The summed E-state index contributed by atoms with van der Waals surface area (Å²) in [6, 6.07) is 0. The smallest absolute Gasteiger partial charge is 0.0114 e. The molecule has 0 bridgehead atoms. The van der Waals surface area contributed by atoms with Crippen molar-refractivity contribution in [1.29, 1.82) is 0 Å². The Balaban J connectivity index is 2.57. The van der Waals surface area contributed by atoms with E-state index < -0.39 is 0 Å². The van der Waals surface area contributed by atoms with E-state index in [-0.39, 0.29) is 0 Å². The minimum absolute atomic E-state index is 1.14. The molecule has 0 aliphatic heterocycles. The van der Waals surface area contributed by atoms with Crippen LogP contribution in [0, 0.1) is 0 Å². The average molecular weight is 108 g/mol. The van der Waals surface area contributed by atoms with Crippen molar-refractivity contribution in [2.45, 2.75) is 26.2 Å². The van der Waals surface area contributed by atoms with Crippen LogP contribution in [0.3, 0.4) is 0 Å². The van der Waals surface area contributed by atoms with Crippen LogP contribution in [0.15, 0.2) is 23.8 Å². The highest BCUT2D eigenvalue weighted by Gasteiger charge is 2.00. The van der Waals surface area contributed by atoms with Crippen molar-refractivity contribution in [3.05, 3.63) is 23.8 Å². The van der Waals surface area contributed by atoms with Gasteiger partial charge in [-0.15, -0.1) is 0 Å². The minimum atomic E-state index is 1.14. The van der Waals surface area contributed by atoms with E-state index in [1.807, 2.05) is 0 Å². The van der Waals surface area contributed by atoms with Crippen molar-refractivity contribution < 1.29 is 0 Å². The zero-order valence-corrected chi connectivity index (χ0v) is 5.41. The molecule has 0 nitrogen and oxygen atoms in total. The molecule has 0 heteroatoms. The van der Waals surface area contributed by atoms with Gasteiger partial charge in [0.25, 0.3) is 0 Å². The first-order valence-electron chi connectivity index (χ1n) is 3.11. The third-order valence-electron chi connectivity index (χ3n) is 1.52. The van der Waals surface area contributed by atoms with E-state index in [2.05, 4.69) is 19.6 Å². The van der Waals surface area contributed by atoms with Crippen LogP contribution in [0.2, 0.25) is 0 Å². The standard InChI is InChI=1S/C8H12/c1-7-4-3-5-8(2)6-7/h5H,1,3-4,6H2,2H3. The molecule has 0 radical (unpaired) electrons. The second-order valence-electron chi connectivity index (χ2n) is 2.52. The molecule has 1 aliphatic carbocycles.